The Kier molecular flexibility index (Phi) is 5.64. The first-order chi connectivity index (χ1) is 14.8. The third-order valence-electron chi connectivity index (χ3n) is 5.06. The van der Waals surface area contributed by atoms with E-state index in [1.807, 2.05) is 0 Å². The van der Waals surface area contributed by atoms with Gasteiger partial charge in [0.05, 0.1) is 11.1 Å². The number of piperidine rings is 1. The lowest BCUT2D eigenvalue weighted by Gasteiger charge is -2.25. The number of hydrogen-bond donors (Lipinski definition) is 3. The summed E-state index contributed by atoms with van der Waals surface area (Å²) >= 11 is 0. The lowest BCUT2D eigenvalue weighted by molar-refractivity contribution is -0.274. The molecule has 1 aliphatic rings. The van der Waals surface area contributed by atoms with Crippen LogP contribution in [0.1, 0.15) is 23.2 Å². The van der Waals surface area contributed by atoms with Crippen LogP contribution < -0.4 is 21.1 Å². The van der Waals surface area contributed by atoms with E-state index < -0.39 is 12.3 Å². The molecule has 3 aromatic rings. The number of carbonyl (C=O) groups excluding carboxylic acids is 1. The second-order valence-corrected chi connectivity index (χ2v) is 7.27. The maximum Gasteiger partial charge on any atom is 0.573 e. The summed E-state index contributed by atoms with van der Waals surface area (Å²) in [5.41, 5.74) is 7.38. The second kappa shape index (κ2) is 8.38. The van der Waals surface area contributed by atoms with Gasteiger partial charge >= 0.3 is 6.36 Å². The molecule has 4 rings (SSSR count). The molecule has 0 aliphatic carbocycles. The van der Waals surface area contributed by atoms with E-state index >= 15 is 0 Å². The number of nitrogens with one attached hydrogen (secondary N) is 2. The first kappa shape index (κ1) is 20.9. The zero-order valence-electron chi connectivity index (χ0n) is 16.4. The summed E-state index contributed by atoms with van der Waals surface area (Å²) < 4.78 is 41.2. The highest BCUT2D eigenvalue weighted by molar-refractivity contribution is 6.08. The Labute approximate surface area is 175 Å². The fourth-order valence-corrected chi connectivity index (χ4v) is 3.65. The van der Waals surface area contributed by atoms with E-state index in [-0.39, 0.29) is 17.4 Å². The van der Waals surface area contributed by atoms with E-state index in [9.17, 15) is 18.0 Å². The molecule has 0 radical (unpaired) electrons. The highest BCUT2D eigenvalue weighted by Gasteiger charge is 2.31. The van der Waals surface area contributed by atoms with Gasteiger partial charge in [-0.15, -0.1) is 13.2 Å². The number of fused-ring (bicyclic) bond motifs is 1. The van der Waals surface area contributed by atoms with E-state index in [2.05, 4.69) is 25.3 Å². The predicted octanol–water partition coefficient (Wildman–Crippen LogP) is 3.46. The molecule has 0 saturated carbocycles. The minimum absolute atomic E-state index is 0.173. The van der Waals surface area contributed by atoms with Crippen molar-refractivity contribution in [1.82, 2.24) is 15.3 Å². The first-order valence-corrected chi connectivity index (χ1v) is 9.72. The molecule has 1 fully saturated rings. The Bertz CT molecular complexity index is 1100. The Balaban J connectivity index is 1.75. The fourth-order valence-electron chi connectivity index (χ4n) is 3.65. The van der Waals surface area contributed by atoms with Crippen LogP contribution in [0.15, 0.2) is 42.7 Å². The van der Waals surface area contributed by atoms with Gasteiger partial charge in [-0.05, 0) is 54.8 Å². The molecule has 7 nitrogen and oxygen atoms in total. The zero-order valence-corrected chi connectivity index (χ0v) is 16.4. The van der Waals surface area contributed by atoms with Crippen LogP contribution in [0.2, 0.25) is 0 Å². The lowest BCUT2D eigenvalue weighted by atomic mass is 9.99. The number of alkyl halides is 3. The third-order valence-corrected chi connectivity index (χ3v) is 5.06. The van der Waals surface area contributed by atoms with Gasteiger partial charge in [0.1, 0.15) is 17.9 Å². The molecule has 1 amide bonds. The van der Waals surface area contributed by atoms with Crippen LogP contribution in [0, 0.1) is 0 Å². The second-order valence-electron chi connectivity index (χ2n) is 7.27. The number of ether oxygens (including phenoxy) is 1. The van der Waals surface area contributed by atoms with Gasteiger partial charge in [-0.25, -0.2) is 9.97 Å². The summed E-state index contributed by atoms with van der Waals surface area (Å²) in [6.45, 7) is 1.75. The molecule has 2 aromatic carbocycles. The van der Waals surface area contributed by atoms with Crippen LogP contribution in [0.4, 0.5) is 19.0 Å². The maximum absolute atomic E-state index is 12.4. The minimum atomic E-state index is -4.77. The number of nitrogens with two attached hydrogens (primary N) is 1. The van der Waals surface area contributed by atoms with Gasteiger partial charge in [0.25, 0.3) is 5.91 Å². The quantitative estimate of drug-likeness (QED) is 0.572. The number of benzene rings is 2. The van der Waals surface area contributed by atoms with Gasteiger partial charge in [0.2, 0.25) is 0 Å². The van der Waals surface area contributed by atoms with Crippen molar-refractivity contribution >= 4 is 22.6 Å². The topological polar surface area (TPSA) is 102 Å². The molecule has 1 aliphatic heterocycles. The molecule has 0 bridgehead atoms. The van der Waals surface area contributed by atoms with E-state index in [0.29, 0.717) is 27.8 Å². The largest absolute Gasteiger partial charge is 0.573 e. The number of halogens is 3. The highest BCUT2D eigenvalue weighted by Crippen LogP contribution is 2.32. The van der Waals surface area contributed by atoms with Gasteiger partial charge in [-0.2, -0.15) is 0 Å². The average Bonchev–Trinajstić information content (AvgIpc) is 2.73. The van der Waals surface area contributed by atoms with Crippen molar-refractivity contribution < 1.29 is 22.7 Å². The monoisotopic (exact) mass is 431 g/mol. The molecule has 10 heteroatoms. The van der Waals surface area contributed by atoms with Crippen LogP contribution in [0.25, 0.3) is 22.0 Å². The predicted molar refractivity (Wildman–Crippen MR) is 110 cm³/mol. The number of nitrogens with zero attached hydrogens (tertiary/aromatic N) is 2. The summed E-state index contributed by atoms with van der Waals surface area (Å²) in [4.78, 5) is 20.7. The van der Waals surface area contributed by atoms with Crippen LogP contribution in [0.3, 0.4) is 0 Å². The van der Waals surface area contributed by atoms with Crippen molar-refractivity contribution in [3.05, 3.63) is 48.3 Å². The normalized spacial score (nSPS) is 16.8. The van der Waals surface area contributed by atoms with Gasteiger partial charge < -0.3 is 21.1 Å². The smallest absolute Gasteiger partial charge is 0.406 e. The van der Waals surface area contributed by atoms with Crippen molar-refractivity contribution in [2.24, 2.45) is 5.73 Å². The van der Waals surface area contributed by atoms with Crippen LogP contribution in [0.5, 0.6) is 5.75 Å². The molecule has 1 saturated heterocycles. The standard InChI is InChI=1S/C21H20F3N5O2/c22-21(23,24)31-15-5-3-12(4-6-15)13-8-16(19(25)30)18-17(9-13)20(28-11-27-18)29-14-2-1-7-26-10-14/h3-6,8-9,11,14,26H,1-2,7,10H2,(H2,25,30)(H,27,28,29)/t14-/m0/s1. The lowest BCUT2D eigenvalue weighted by Crippen LogP contribution is -2.38. The number of primary amides is 1. The number of hydrogen-bond acceptors (Lipinski definition) is 6. The van der Waals surface area contributed by atoms with Gasteiger partial charge in [-0.1, -0.05) is 12.1 Å². The fraction of sp³-hybridized carbons (Fsp3) is 0.286. The molecular formula is C21H20F3N5O2. The SMILES string of the molecule is NC(=O)c1cc(-c2ccc(OC(F)(F)F)cc2)cc2c(N[C@H]3CCCNC3)ncnc12. The first-order valence-electron chi connectivity index (χ1n) is 9.72. The molecule has 0 spiro atoms. The van der Waals surface area contributed by atoms with Crippen molar-refractivity contribution in [2.45, 2.75) is 25.2 Å². The molecule has 31 heavy (non-hydrogen) atoms. The molecule has 0 unspecified atom stereocenters. The summed E-state index contributed by atoms with van der Waals surface area (Å²) in [5, 5.41) is 7.32. The van der Waals surface area contributed by atoms with Gasteiger partial charge in [0, 0.05) is 18.0 Å². The number of rotatable bonds is 5. The van der Waals surface area contributed by atoms with Crippen molar-refractivity contribution in [3.8, 4) is 16.9 Å². The molecule has 1 aromatic heterocycles. The number of aromatic nitrogens is 2. The molecule has 162 valence electrons. The Morgan fingerprint density at radius 1 is 1.16 bits per heavy atom. The number of anilines is 1. The molecular weight excluding hydrogens is 411 g/mol. The summed E-state index contributed by atoms with van der Waals surface area (Å²) in [6, 6.07) is 8.93. The van der Waals surface area contributed by atoms with Gasteiger partial charge in [-0.3, -0.25) is 4.79 Å². The Hall–Kier alpha value is -3.40. The summed E-state index contributed by atoms with van der Waals surface area (Å²) in [5.74, 6) is -0.421. The van der Waals surface area contributed by atoms with Crippen LogP contribution >= 0.6 is 0 Å². The number of amides is 1. The summed E-state index contributed by atoms with van der Waals surface area (Å²) in [6.07, 6.45) is -1.39. The third kappa shape index (κ3) is 4.85. The van der Waals surface area contributed by atoms with E-state index in [1.54, 1.807) is 12.1 Å². The number of carbonyl (C=O) groups is 1. The van der Waals surface area contributed by atoms with Crippen LogP contribution in [-0.2, 0) is 0 Å². The highest BCUT2D eigenvalue weighted by atomic mass is 19.4. The minimum Gasteiger partial charge on any atom is -0.406 e. The Morgan fingerprint density at radius 2 is 1.94 bits per heavy atom. The zero-order chi connectivity index (χ0) is 22.0. The van der Waals surface area contributed by atoms with Crippen molar-refractivity contribution in [3.63, 3.8) is 0 Å². The average molecular weight is 431 g/mol. The summed E-state index contributed by atoms with van der Waals surface area (Å²) in [7, 11) is 0. The van der Waals surface area contributed by atoms with Crippen molar-refractivity contribution in [2.75, 3.05) is 18.4 Å². The van der Waals surface area contributed by atoms with E-state index in [0.717, 1.165) is 25.9 Å². The van der Waals surface area contributed by atoms with E-state index in [4.69, 9.17) is 5.73 Å². The van der Waals surface area contributed by atoms with Gasteiger partial charge in [0.15, 0.2) is 0 Å². The maximum atomic E-state index is 12.4. The molecule has 1 atom stereocenters. The molecule has 4 N–H and O–H groups in total. The Morgan fingerprint density at radius 3 is 2.58 bits per heavy atom. The van der Waals surface area contributed by atoms with E-state index in [1.165, 1.54) is 30.6 Å². The molecule has 2 heterocycles. The van der Waals surface area contributed by atoms with Crippen LogP contribution in [-0.4, -0.2) is 41.4 Å². The van der Waals surface area contributed by atoms with Crippen molar-refractivity contribution in [1.29, 1.82) is 0 Å².